The van der Waals surface area contributed by atoms with E-state index < -0.39 is 4.92 Å². The third kappa shape index (κ3) is 3.92. The van der Waals surface area contributed by atoms with Crippen LogP contribution in [0.1, 0.15) is 25.7 Å². The number of halogens is 2. The molecule has 0 spiro atoms. The number of anilines is 1. The van der Waals surface area contributed by atoms with Crippen molar-refractivity contribution in [3.63, 3.8) is 0 Å². The largest absolute Gasteiger partial charge is 0.368 e. The second-order valence-electron chi connectivity index (χ2n) is 6.49. The Labute approximate surface area is 150 Å². The molecule has 1 aliphatic carbocycles. The number of benzene rings is 1. The highest BCUT2D eigenvalue weighted by atomic mass is 35.5. The minimum Gasteiger partial charge on any atom is -0.368 e. The molecule has 8 heteroatoms. The van der Waals surface area contributed by atoms with Gasteiger partial charge in [-0.2, -0.15) is 0 Å². The molecule has 1 N–H and O–H groups in total. The Morgan fingerprint density at radius 1 is 1.29 bits per heavy atom. The standard InChI is InChI=1S/C16H19Cl2N3O3/c17-13-6-12(21(23)24)7-14(18)15(13)20-5-1-2-11(9-20)16(22)19-8-10-3-4-10/h6-7,10-11H,1-5,8-9H2,(H,19,22). The fourth-order valence-corrected chi connectivity index (χ4v) is 3.78. The summed E-state index contributed by atoms with van der Waals surface area (Å²) in [5, 5.41) is 14.4. The van der Waals surface area contributed by atoms with Crippen LogP contribution >= 0.6 is 23.2 Å². The number of nitrogens with one attached hydrogen (secondary N) is 1. The van der Waals surface area contributed by atoms with Gasteiger partial charge in [0.25, 0.3) is 5.69 Å². The highest BCUT2D eigenvalue weighted by Crippen LogP contribution is 2.39. The van der Waals surface area contributed by atoms with Crippen molar-refractivity contribution in [3.8, 4) is 0 Å². The van der Waals surface area contributed by atoms with Crippen LogP contribution in [0.15, 0.2) is 12.1 Å². The Kier molecular flexibility index (Phi) is 5.15. The second-order valence-corrected chi connectivity index (χ2v) is 7.30. The topological polar surface area (TPSA) is 75.5 Å². The van der Waals surface area contributed by atoms with Crippen molar-refractivity contribution in [1.82, 2.24) is 5.32 Å². The van der Waals surface area contributed by atoms with Crippen LogP contribution in [0.25, 0.3) is 0 Å². The van der Waals surface area contributed by atoms with Gasteiger partial charge in [0.2, 0.25) is 5.91 Å². The van der Waals surface area contributed by atoms with Gasteiger partial charge < -0.3 is 10.2 Å². The molecule has 6 nitrogen and oxygen atoms in total. The smallest absolute Gasteiger partial charge is 0.272 e. The molecule has 0 aromatic heterocycles. The zero-order chi connectivity index (χ0) is 17.3. The molecule has 24 heavy (non-hydrogen) atoms. The molecular weight excluding hydrogens is 353 g/mol. The molecule has 0 radical (unpaired) electrons. The predicted octanol–water partition coefficient (Wildman–Crippen LogP) is 3.64. The molecule has 1 aromatic carbocycles. The van der Waals surface area contributed by atoms with Crippen molar-refractivity contribution in [2.45, 2.75) is 25.7 Å². The summed E-state index contributed by atoms with van der Waals surface area (Å²) in [7, 11) is 0. The summed E-state index contributed by atoms with van der Waals surface area (Å²) in [5.41, 5.74) is 0.438. The lowest BCUT2D eigenvalue weighted by Gasteiger charge is -2.34. The molecule has 1 unspecified atom stereocenters. The zero-order valence-corrected chi connectivity index (χ0v) is 14.6. The fraction of sp³-hybridized carbons (Fsp3) is 0.562. The van der Waals surface area contributed by atoms with Gasteiger partial charge in [0.15, 0.2) is 0 Å². The summed E-state index contributed by atoms with van der Waals surface area (Å²) >= 11 is 12.4. The lowest BCUT2D eigenvalue weighted by molar-refractivity contribution is -0.384. The molecule has 0 bridgehead atoms. The molecule has 130 valence electrons. The van der Waals surface area contributed by atoms with Gasteiger partial charge in [0.1, 0.15) is 0 Å². The minimum atomic E-state index is -0.522. The molecule has 1 aliphatic heterocycles. The summed E-state index contributed by atoms with van der Waals surface area (Å²) in [4.78, 5) is 24.7. The van der Waals surface area contributed by atoms with Crippen molar-refractivity contribution >= 4 is 40.5 Å². The van der Waals surface area contributed by atoms with Gasteiger partial charge in [0.05, 0.1) is 26.6 Å². The number of hydrogen-bond acceptors (Lipinski definition) is 4. The van der Waals surface area contributed by atoms with Gasteiger partial charge in [-0.05, 0) is 31.6 Å². The van der Waals surface area contributed by atoms with E-state index in [0.29, 0.717) is 18.2 Å². The third-order valence-corrected chi connectivity index (χ3v) is 5.16. The fourth-order valence-electron chi connectivity index (χ4n) is 3.07. The SMILES string of the molecule is O=C(NCC1CC1)C1CCCN(c2c(Cl)cc([N+](=O)[O-])cc2Cl)C1. The minimum absolute atomic E-state index is 0.0701. The highest BCUT2D eigenvalue weighted by Gasteiger charge is 2.30. The van der Waals surface area contributed by atoms with E-state index in [-0.39, 0.29) is 27.6 Å². The van der Waals surface area contributed by atoms with Crippen molar-refractivity contribution in [2.24, 2.45) is 11.8 Å². The van der Waals surface area contributed by atoms with Crippen molar-refractivity contribution < 1.29 is 9.72 Å². The monoisotopic (exact) mass is 371 g/mol. The Hall–Kier alpha value is -1.53. The number of non-ortho nitro benzene ring substituents is 1. The summed E-state index contributed by atoms with van der Waals surface area (Å²) < 4.78 is 0. The predicted molar refractivity (Wildman–Crippen MR) is 93.8 cm³/mol. The number of amides is 1. The lowest BCUT2D eigenvalue weighted by Crippen LogP contribution is -2.43. The van der Waals surface area contributed by atoms with Crippen LogP contribution in [0, 0.1) is 22.0 Å². The first-order chi connectivity index (χ1) is 11.5. The van der Waals surface area contributed by atoms with E-state index in [1.54, 1.807) is 0 Å². The van der Waals surface area contributed by atoms with E-state index >= 15 is 0 Å². The molecule has 1 aromatic rings. The highest BCUT2D eigenvalue weighted by molar-refractivity contribution is 6.39. The average molecular weight is 372 g/mol. The quantitative estimate of drug-likeness (QED) is 0.633. The van der Waals surface area contributed by atoms with Crippen LogP contribution in [-0.4, -0.2) is 30.5 Å². The van der Waals surface area contributed by atoms with E-state index in [0.717, 1.165) is 25.9 Å². The molecule has 1 amide bonds. The maximum Gasteiger partial charge on any atom is 0.272 e. The Morgan fingerprint density at radius 3 is 2.54 bits per heavy atom. The van der Waals surface area contributed by atoms with Crippen molar-refractivity contribution in [2.75, 3.05) is 24.5 Å². The van der Waals surface area contributed by atoms with E-state index in [2.05, 4.69) is 5.32 Å². The molecular formula is C16H19Cl2N3O3. The Morgan fingerprint density at radius 2 is 1.96 bits per heavy atom. The van der Waals surface area contributed by atoms with Gasteiger partial charge in [0, 0.05) is 31.8 Å². The van der Waals surface area contributed by atoms with E-state index in [4.69, 9.17) is 23.2 Å². The van der Waals surface area contributed by atoms with Crippen LogP contribution in [0.4, 0.5) is 11.4 Å². The van der Waals surface area contributed by atoms with Crippen LogP contribution in [0.2, 0.25) is 10.0 Å². The maximum absolute atomic E-state index is 12.3. The van der Waals surface area contributed by atoms with Gasteiger partial charge >= 0.3 is 0 Å². The molecule has 1 saturated carbocycles. The second kappa shape index (κ2) is 7.15. The molecule has 2 fully saturated rings. The summed E-state index contributed by atoms with van der Waals surface area (Å²) in [6, 6.07) is 2.61. The number of nitrogens with zero attached hydrogens (tertiary/aromatic N) is 2. The normalized spacial score (nSPS) is 20.8. The van der Waals surface area contributed by atoms with Gasteiger partial charge in [-0.25, -0.2) is 0 Å². The van der Waals surface area contributed by atoms with E-state index in [9.17, 15) is 14.9 Å². The molecule has 1 heterocycles. The van der Waals surface area contributed by atoms with Crippen LogP contribution < -0.4 is 10.2 Å². The first-order valence-corrected chi connectivity index (χ1v) is 8.87. The molecule has 1 atom stereocenters. The van der Waals surface area contributed by atoms with E-state index in [1.807, 2.05) is 4.90 Å². The molecule has 2 aliphatic rings. The summed E-state index contributed by atoms with van der Waals surface area (Å²) in [5.74, 6) is 0.604. The first kappa shape index (κ1) is 17.3. The molecule has 1 saturated heterocycles. The third-order valence-electron chi connectivity index (χ3n) is 4.58. The number of carbonyl (C=O) groups excluding carboxylic acids is 1. The lowest BCUT2D eigenvalue weighted by atomic mass is 9.96. The Bertz CT molecular complexity index is 641. The number of nitro groups is 1. The van der Waals surface area contributed by atoms with Gasteiger partial charge in [-0.3, -0.25) is 14.9 Å². The molecule has 3 rings (SSSR count). The van der Waals surface area contributed by atoms with Crippen LogP contribution in [-0.2, 0) is 4.79 Å². The van der Waals surface area contributed by atoms with Crippen LogP contribution in [0.3, 0.4) is 0 Å². The number of hydrogen-bond donors (Lipinski definition) is 1. The zero-order valence-electron chi connectivity index (χ0n) is 13.1. The number of carbonyl (C=O) groups is 1. The Balaban J connectivity index is 1.72. The van der Waals surface area contributed by atoms with Crippen molar-refractivity contribution in [3.05, 3.63) is 32.3 Å². The number of rotatable bonds is 5. The van der Waals surface area contributed by atoms with Crippen LogP contribution in [0.5, 0.6) is 0 Å². The average Bonchev–Trinajstić information content (AvgIpc) is 3.36. The summed E-state index contributed by atoms with van der Waals surface area (Å²) in [6.45, 7) is 2.01. The van der Waals surface area contributed by atoms with Gasteiger partial charge in [-0.15, -0.1) is 0 Å². The maximum atomic E-state index is 12.3. The number of piperidine rings is 1. The van der Waals surface area contributed by atoms with E-state index in [1.165, 1.54) is 25.0 Å². The summed E-state index contributed by atoms with van der Waals surface area (Å²) in [6.07, 6.45) is 4.08. The van der Waals surface area contributed by atoms with Gasteiger partial charge in [-0.1, -0.05) is 23.2 Å². The van der Waals surface area contributed by atoms with Crippen molar-refractivity contribution in [1.29, 1.82) is 0 Å². The first-order valence-electron chi connectivity index (χ1n) is 8.12. The number of nitro benzene ring substituents is 1.